The number of nitrogens with zero attached hydrogens (tertiary/aromatic N) is 5. The Morgan fingerprint density at radius 1 is 0.763 bits per heavy atom. The van der Waals surface area contributed by atoms with Crippen molar-refractivity contribution in [3.05, 3.63) is 55.1 Å². The lowest BCUT2D eigenvalue weighted by atomic mass is 10.0. The lowest BCUT2D eigenvalue weighted by Crippen LogP contribution is -2.29. The lowest BCUT2D eigenvalue weighted by Gasteiger charge is -2.28. The van der Waals surface area contributed by atoms with Crippen molar-refractivity contribution in [1.82, 2.24) is 30.0 Å². The zero-order valence-electron chi connectivity index (χ0n) is 21.6. The highest BCUT2D eigenvalue weighted by Gasteiger charge is 2.18. The van der Waals surface area contributed by atoms with Crippen molar-refractivity contribution in [2.45, 2.75) is 32.1 Å². The molecule has 1 aromatic carbocycles. The van der Waals surface area contributed by atoms with Gasteiger partial charge in [0.2, 0.25) is 0 Å². The highest BCUT2D eigenvalue weighted by Crippen LogP contribution is 2.35. The van der Waals surface area contributed by atoms with Gasteiger partial charge in [-0.1, -0.05) is 6.07 Å². The fourth-order valence-corrected chi connectivity index (χ4v) is 5.90. The molecule has 4 aromatic heterocycles. The number of anilines is 1. The van der Waals surface area contributed by atoms with Crippen LogP contribution in [0.25, 0.3) is 44.3 Å². The molecule has 8 heteroatoms. The van der Waals surface area contributed by atoms with Gasteiger partial charge in [-0.2, -0.15) is 5.10 Å². The molecule has 0 radical (unpaired) electrons. The van der Waals surface area contributed by atoms with Crippen molar-refractivity contribution in [3.63, 3.8) is 0 Å². The van der Waals surface area contributed by atoms with Crippen LogP contribution in [0, 0.1) is 0 Å². The van der Waals surface area contributed by atoms with Crippen molar-refractivity contribution in [2.24, 2.45) is 0 Å². The summed E-state index contributed by atoms with van der Waals surface area (Å²) in [5, 5.41) is 10.2. The van der Waals surface area contributed by atoms with Gasteiger partial charge in [0, 0.05) is 42.2 Å². The first-order valence-corrected chi connectivity index (χ1v) is 13.8. The van der Waals surface area contributed by atoms with E-state index in [-0.39, 0.29) is 0 Å². The van der Waals surface area contributed by atoms with Gasteiger partial charge in [0.05, 0.1) is 41.0 Å². The monoisotopic (exact) mass is 507 g/mol. The topological polar surface area (TPSA) is 86.0 Å². The Morgan fingerprint density at radius 3 is 2.50 bits per heavy atom. The molecule has 7 rings (SSSR count). The molecular formula is C30H33N7O. The van der Waals surface area contributed by atoms with Crippen molar-refractivity contribution >= 4 is 27.5 Å². The number of rotatable bonds is 7. The van der Waals surface area contributed by atoms with E-state index in [1.807, 2.05) is 18.6 Å². The molecule has 2 aliphatic heterocycles. The van der Waals surface area contributed by atoms with Crippen LogP contribution >= 0.6 is 0 Å². The number of hydrogen-bond acceptors (Lipinski definition) is 6. The molecule has 0 atom stereocenters. The molecule has 38 heavy (non-hydrogen) atoms. The Kier molecular flexibility index (Phi) is 6.17. The second-order valence-corrected chi connectivity index (χ2v) is 10.5. The van der Waals surface area contributed by atoms with E-state index >= 15 is 0 Å². The summed E-state index contributed by atoms with van der Waals surface area (Å²) in [7, 11) is 0. The number of pyridine rings is 2. The fraction of sp³-hybridized carbons (Fsp3) is 0.367. The molecule has 0 spiro atoms. The van der Waals surface area contributed by atoms with E-state index in [2.05, 4.69) is 60.2 Å². The number of aromatic amines is 2. The first-order valence-electron chi connectivity index (χ1n) is 13.8. The maximum absolute atomic E-state index is 6.05. The van der Waals surface area contributed by atoms with E-state index in [9.17, 15) is 0 Å². The highest BCUT2D eigenvalue weighted by molar-refractivity contribution is 6.00. The van der Waals surface area contributed by atoms with Crippen LogP contribution < -0.4 is 9.64 Å². The molecule has 5 aromatic rings. The first-order chi connectivity index (χ1) is 18.8. The van der Waals surface area contributed by atoms with Crippen LogP contribution in [0.2, 0.25) is 0 Å². The average molecular weight is 508 g/mol. The van der Waals surface area contributed by atoms with E-state index in [4.69, 9.17) is 9.84 Å². The van der Waals surface area contributed by atoms with Gasteiger partial charge in [-0.15, -0.1) is 0 Å². The van der Waals surface area contributed by atoms with Crippen molar-refractivity contribution in [1.29, 1.82) is 0 Å². The van der Waals surface area contributed by atoms with Crippen molar-refractivity contribution in [2.75, 3.05) is 44.2 Å². The molecular weight excluding hydrogens is 474 g/mol. The Labute approximate surface area is 222 Å². The zero-order chi connectivity index (χ0) is 25.3. The molecule has 0 unspecified atom stereocenters. The number of piperidine rings is 1. The number of likely N-dealkylation sites (tertiary alicyclic amines) is 1. The summed E-state index contributed by atoms with van der Waals surface area (Å²) in [5.41, 5.74) is 7.27. The zero-order valence-corrected chi connectivity index (χ0v) is 21.6. The van der Waals surface area contributed by atoms with Gasteiger partial charge >= 0.3 is 0 Å². The second-order valence-electron chi connectivity index (χ2n) is 10.5. The summed E-state index contributed by atoms with van der Waals surface area (Å²) in [6.45, 7) is 6.19. The Morgan fingerprint density at radius 2 is 1.61 bits per heavy atom. The van der Waals surface area contributed by atoms with Gasteiger partial charge in [-0.3, -0.25) is 20.0 Å². The summed E-state index contributed by atoms with van der Waals surface area (Å²) in [5.74, 6) is 0.808. The molecule has 2 aliphatic rings. The maximum Gasteiger partial charge on any atom is 0.138 e. The fourth-order valence-electron chi connectivity index (χ4n) is 5.90. The molecule has 2 saturated heterocycles. The van der Waals surface area contributed by atoms with Crippen LogP contribution in [-0.4, -0.2) is 69.4 Å². The Balaban J connectivity index is 1.18. The number of ether oxygens (including phenoxy) is 1. The van der Waals surface area contributed by atoms with Crippen LogP contribution in [0.1, 0.15) is 32.1 Å². The van der Waals surface area contributed by atoms with Gasteiger partial charge in [0.25, 0.3) is 0 Å². The van der Waals surface area contributed by atoms with Crippen LogP contribution in [0.4, 0.5) is 5.69 Å². The summed E-state index contributed by atoms with van der Waals surface area (Å²) in [6, 6.07) is 10.7. The predicted octanol–water partition coefficient (Wildman–Crippen LogP) is 5.63. The summed E-state index contributed by atoms with van der Waals surface area (Å²) in [4.78, 5) is 17.5. The molecule has 194 valence electrons. The molecule has 2 fully saturated rings. The van der Waals surface area contributed by atoms with E-state index < -0.39 is 0 Å². The van der Waals surface area contributed by atoms with Gasteiger partial charge in [-0.25, -0.2) is 0 Å². The van der Waals surface area contributed by atoms with Crippen molar-refractivity contribution in [3.8, 4) is 28.3 Å². The molecule has 6 heterocycles. The van der Waals surface area contributed by atoms with Crippen LogP contribution in [0.3, 0.4) is 0 Å². The second kappa shape index (κ2) is 10.1. The first kappa shape index (κ1) is 23.2. The molecule has 0 amide bonds. The number of aromatic nitrogens is 5. The van der Waals surface area contributed by atoms with Crippen molar-refractivity contribution < 1.29 is 4.74 Å². The number of H-pyrrole nitrogens is 2. The SMILES string of the molecule is c1ncc(-c2ccc3[nH]nc(-c4cc5c(N6CCCCC6)cncc5[nH]4)c3c2)cc1OCCN1CCCC1. The summed E-state index contributed by atoms with van der Waals surface area (Å²) < 4.78 is 6.05. The van der Waals surface area contributed by atoms with Gasteiger partial charge in [-0.05, 0) is 75.0 Å². The molecule has 0 saturated carbocycles. The van der Waals surface area contributed by atoms with E-state index in [1.165, 1.54) is 56.3 Å². The van der Waals surface area contributed by atoms with Gasteiger partial charge in [0.15, 0.2) is 0 Å². The third-order valence-corrected chi connectivity index (χ3v) is 7.96. The van der Waals surface area contributed by atoms with Gasteiger partial charge in [0.1, 0.15) is 18.1 Å². The lowest BCUT2D eigenvalue weighted by molar-refractivity contribution is 0.237. The largest absolute Gasteiger partial charge is 0.491 e. The summed E-state index contributed by atoms with van der Waals surface area (Å²) >= 11 is 0. The van der Waals surface area contributed by atoms with E-state index in [0.29, 0.717) is 6.61 Å². The Hall–Kier alpha value is -3.91. The minimum absolute atomic E-state index is 0.685. The van der Waals surface area contributed by atoms with Crippen LogP contribution in [-0.2, 0) is 0 Å². The highest BCUT2D eigenvalue weighted by atomic mass is 16.5. The Bertz CT molecular complexity index is 1560. The number of fused-ring (bicyclic) bond motifs is 2. The van der Waals surface area contributed by atoms with Gasteiger partial charge < -0.3 is 14.6 Å². The summed E-state index contributed by atoms with van der Waals surface area (Å²) in [6.07, 6.45) is 14.0. The smallest absolute Gasteiger partial charge is 0.138 e. The normalized spacial score (nSPS) is 16.6. The number of hydrogen-bond donors (Lipinski definition) is 2. The molecule has 0 aliphatic carbocycles. The minimum atomic E-state index is 0.685. The molecule has 2 N–H and O–H groups in total. The number of nitrogens with one attached hydrogen (secondary N) is 2. The maximum atomic E-state index is 6.05. The third-order valence-electron chi connectivity index (χ3n) is 7.96. The average Bonchev–Trinajstić information content (AvgIpc) is 3.73. The number of benzene rings is 1. The van der Waals surface area contributed by atoms with Crippen LogP contribution in [0.5, 0.6) is 5.75 Å². The quantitative estimate of drug-likeness (QED) is 0.297. The minimum Gasteiger partial charge on any atom is -0.491 e. The standard InChI is InChI=1S/C30H33N7O/c1-2-10-37(11-3-1)29-20-32-19-28-24(29)16-27(33-28)30-25-15-21(6-7-26(25)34-35-30)22-14-23(18-31-17-22)38-13-12-36-8-4-5-9-36/h6-7,14-20,33H,1-5,8-13H2,(H,34,35). The van der Waals surface area contributed by atoms with E-state index in [0.717, 1.165) is 64.3 Å². The van der Waals surface area contributed by atoms with Crippen LogP contribution in [0.15, 0.2) is 55.1 Å². The third kappa shape index (κ3) is 4.49. The molecule has 0 bridgehead atoms. The van der Waals surface area contributed by atoms with E-state index in [1.54, 1.807) is 6.20 Å². The molecule has 8 nitrogen and oxygen atoms in total. The predicted molar refractivity (Wildman–Crippen MR) is 152 cm³/mol.